The van der Waals surface area contributed by atoms with Crippen LogP contribution in [0, 0.1) is 11.8 Å². The molecule has 4 heteroatoms. The molecule has 3 rings (SSSR count). The number of hydrogen-bond donors (Lipinski definition) is 1. The first-order chi connectivity index (χ1) is 8.15. The van der Waals surface area contributed by atoms with Crippen LogP contribution in [0.25, 0.3) is 0 Å². The van der Waals surface area contributed by atoms with Gasteiger partial charge in [0.25, 0.3) is 0 Å². The monoisotopic (exact) mass is 331 g/mol. The first-order valence-corrected chi connectivity index (χ1v) is 7.28. The Labute approximate surface area is 119 Å². The van der Waals surface area contributed by atoms with Crippen molar-refractivity contribution in [3.63, 3.8) is 0 Å². The summed E-state index contributed by atoms with van der Waals surface area (Å²) in [6.45, 7) is 0. The minimum Gasteiger partial charge on any atom is -0.379 e. The lowest BCUT2D eigenvalue weighted by Crippen LogP contribution is -2.43. The van der Waals surface area contributed by atoms with E-state index in [1.165, 1.54) is 12.8 Å². The van der Waals surface area contributed by atoms with Gasteiger partial charge >= 0.3 is 0 Å². The lowest BCUT2D eigenvalue weighted by Gasteiger charge is -2.41. The van der Waals surface area contributed by atoms with Crippen molar-refractivity contribution in [3.8, 4) is 0 Å². The third kappa shape index (κ3) is 2.11. The minimum absolute atomic E-state index is 0.481. The summed E-state index contributed by atoms with van der Waals surface area (Å²) < 4.78 is 0.908. The Morgan fingerprint density at radius 1 is 1.24 bits per heavy atom. The molecule has 1 fully saturated rings. The summed E-state index contributed by atoms with van der Waals surface area (Å²) >= 11 is 15.8. The van der Waals surface area contributed by atoms with E-state index in [1.54, 1.807) is 0 Å². The molecular weight excluding hydrogens is 321 g/mol. The van der Waals surface area contributed by atoms with Gasteiger partial charge in [-0.2, -0.15) is 0 Å². The number of anilines is 1. The molecule has 0 aromatic heterocycles. The Morgan fingerprint density at radius 2 is 1.94 bits per heavy atom. The van der Waals surface area contributed by atoms with Gasteiger partial charge < -0.3 is 5.32 Å². The van der Waals surface area contributed by atoms with Gasteiger partial charge in [-0.05, 0) is 30.9 Å². The number of hydrogen-bond acceptors (Lipinski definition) is 1. The van der Waals surface area contributed by atoms with Gasteiger partial charge in [-0.1, -0.05) is 51.3 Å². The molecule has 0 radical (unpaired) electrons. The van der Waals surface area contributed by atoms with E-state index in [-0.39, 0.29) is 0 Å². The van der Waals surface area contributed by atoms with Gasteiger partial charge in [-0.3, -0.25) is 0 Å². The fourth-order valence-corrected chi connectivity index (χ4v) is 4.07. The van der Waals surface area contributed by atoms with Crippen LogP contribution >= 0.6 is 39.1 Å². The second-order valence-corrected chi connectivity index (χ2v) is 6.46. The molecule has 1 N–H and O–H groups in total. The van der Waals surface area contributed by atoms with E-state index < -0.39 is 0 Å². The molecule has 3 atom stereocenters. The molecule has 1 aromatic rings. The van der Waals surface area contributed by atoms with Crippen molar-refractivity contribution in [3.05, 3.63) is 38.8 Å². The normalized spacial score (nSPS) is 29.9. The fourth-order valence-electron chi connectivity index (χ4n) is 2.75. The van der Waals surface area contributed by atoms with E-state index in [4.69, 9.17) is 23.2 Å². The number of fused-ring (bicyclic) bond motifs is 1. The molecule has 0 bridgehead atoms. The molecule has 0 aliphatic heterocycles. The zero-order valence-electron chi connectivity index (χ0n) is 9.09. The maximum absolute atomic E-state index is 6.21. The summed E-state index contributed by atoms with van der Waals surface area (Å²) in [6, 6.07) is 4.22. The maximum Gasteiger partial charge on any atom is 0.0722 e. The third-order valence-corrected chi connectivity index (χ3v) is 4.75. The predicted octanol–water partition coefficient (Wildman–Crippen LogP) is 5.13. The largest absolute Gasteiger partial charge is 0.379 e. The van der Waals surface area contributed by atoms with E-state index in [9.17, 15) is 0 Å². The number of benzene rings is 1. The van der Waals surface area contributed by atoms with Crippen LogP contribution in [-0.4, -0.2) is 6.04 Å². The topological polar surface area (TPSA) is 12.0 Å². The first kappa shape index (κ1) is 11.9. The Kier molecular flexibility index (Phi) is 3.14. The SMILES string of the molecule is Clc1cc(Br)cc(Cl)c1NC1CC2CC=CC21. The molecule has 0 amide bonds. The van der Waals surface area contributed by atoms with Crippen molar-refractivity contribution in [2.45, 2.75) is 18.9 Å². The smallest absolute Gasteiger partial charge is 0.0722 e. The lowest BCUT2D eigenvalue weighted by atomic mass is 9.71. The Hall–Kier alpha value is -0.180. The minimum atomic E-state index is 0.481. The Morgan fingerprint density at radius 3 is 2.59 bits per heavy atom. The van der Waals surface area contributed by atoms with Crippen LogP contribution in [0.1, 0.15) is 12.8 Å². The highest BCUT2D eigenvalue weighted by molar-refractivity contribution is 9.10. The third-order valence-electron chi connectivity index (χ3n) is 3.70. The van der Waals surface area contributed by atoms with E-state index >= 15 is 0 Å². The quantitative estimate of drug-likeness (QED) is 0.740. The van der Waals surface area contributed by atoms with Gasteiger partial charge in [0.2, 0.25) is 0 Å². The zero-order chi connectivity index (χ0) is 12.0. The first-order valence-electron chi connectivity index (χ1n) is 5.73. The highest BCUT2D eigenvalue weighted by Crippen LogP contribution is 2.45. The molecule has 0 spiro atoms. The summed E-state index contributed by atoms with van der Waals surface area (Å²) in [4.78, 5) is 0. The highest BCUT2D eigenvalue weighted by atomic mass is 79.9. The number of halogens is 3. The fraction of sp³-hybridized carbons (Fsp3) is 0.385. The standard InChI is InChI=1S/C13H12BrCl2N/c14-8-5-10(15)13(11(16)6-8)17-12-4-7-2-1-3-9(7)12/h1,3,5-7,9,12,17H,2,4H2. The second-order valence-electron chi connectivity index (χ2n) is 4.73. The predicted molar refractivity (Wildman–Crippen MR) is 76.9 cm³/mol. The van der Waals surface area contributed by atoms with Crippen LogP contribution in [0.2, 0.25) is 10.0 Å². The van der Waals surface area contributed by atoms with Crippen molar-refractivity contribution in [1.82, 2.24) is 0 Å². The van der Waals surface area contributed by atoms with E-state index in [2.05, 4.69) is 33.4 Å². The summed E-state index contributed by atoms with van der Waals surface area (Å²) in [6.07, 6.45) is 7.03. The van der Waals surface area contributed by atoms with Crippen molar-refractivity contribution >= 4 is 44.8 Å². The molecule has 1 nitrogen and oxygen atoms in total. The van der Waals surface area contributed by atoms with Crippen LogP contribution in [0.15, 0.2) is 28.8 Å². The van der Waals surface area contributed by atoms with Crippen LogP contribution in [-0.2, 0) is 0 Å². The van der Waals surface area contributed by atoms with Crippen LogP contribution in [0.4, 0.5) is 5.69 Å². The molecule has 3 unspecified atom stereocenters. The van der Waals surface area contributed by atoms with Crippen molar-refractivity contribution in [2.75, 3.05) is 5.32 Å². The molecule has 2 aliphatic carbocycles. The van der Waals surface area contributed by atoms with Crippen molar-refractivity contribution in [2.24, 2.45) is 11.8 Å². The highest BCUT2D eigenvalue weighted by Gasteiger charge is 2.41. The van der Waals surface area contributed by atoms with Gasteiger partial charge in [-0.25, -0.2) is 0 Å². The van der Waals surface area contributed by atoms with Crippen LogP contribution in [0.3, 0.4) is 0 Å². The van der Waals surface area contributed by atoms with E-state index in [0.29, 0.717) is 22.0 Å². The molecule has 17 heavy (non-hydrogen) atoms. The molecular formula is C13H12BrCl2N. The molecule has 2 aliphatic rings. The Balaban J connectivity index is 1.79. The van der Waals surface area contributed by atoms with Crippen LogP contribution in [0.5, 0.6) is 0 Å². The second kappa shape index (κ2) is 4.49. The van der Waals surface area contributed by atoms with E-state index in [0.717, 1.165) is 16.1 Å². The summed E-state index contributed by atoms with van der Waals surface area (Å²) in [5, 5.41) is 4.83. The van der Waals surface area contributed by atoms with Gasteiger partial charge in [0.05, 0.1) is 15.7 Å². The average Bonchev–Trinajstić information content (AvgIpc) is 2.58. The molecule has 0 saturated heterocycles. The number of allylic oxidation sites excluding steroid dienone is 1. The van der Waals surface area contributed by atoms with E-state index in [1.807, 2.05) is 12.1 Å². The summed E-state index contributed by atoms with van der Waals surface area (Å²) in [7, 11) is 0. The van der Waals surface area contributed by atoms with Crippen LogP contribution < -0.4 is 5.32 Å². The molecule has 1 saturated carbocycles. The van der Waals surface area contributed by atoms with Crippen molar-refractivity contribution in [1.29, 1.82) is 0 Å². The summed E-state index contributed by atoms with van der Waals surface area (Å²) in [5.41, 5.74) is 0.861. The lowest BCUT2D eigenvalue weighted by molar-refractivity contribution is 0.218. The number of rotatable bonds is 2. The van der Waals surface area contributed by atoms with Crippen molar-refractivity contribution < 1.29 is 0 Å². The zero-order valence-corrected chi connectivity index (χ0v) is 12.2. The summed E-state index contributed by atoms with van der Waals surface area (Å²) in [5.74, 6) is 1.49. The van der Waals surface area contributed by atoms with Gasteiger partial charge in [-0.15, -0.1) is 0 Å². The Bertz CT molecular complexity index is 463. The van der Waals surface area contributed by atoms with Gasteiger partial charge in [0.1, 0.15) is 0 Å². The average molecular weight is 333 g/mol. The molecule has 0 heterocycles. The molecule has 90 valence electrons. The number of nitrogens with one attached hydrogen (secondary N) is 1. The molecule has 1 aromatic carbocycles. The van der Waals surface area contributed by atoms with Gasteiger partial charge in [0.15, 0.2) is 0 Å². The maximum atomic E-state index is 6.21. The van der Waals surface area contributed by atoms with Gasteiger partial charge in [0, 0.05) is 16.4 Å².